The van der Waals surface area contributed by atoms with Gasteiger partial charge < -0.3 is 52.5 Å². The van der Waals surface area contributed by atoms with Crippen LogP contribution in [0.25, 0.3) is 0 Å². The maximum atomic E-state index is 13.8. The van der Waals surface area contributed by atoms with Crippen LogP contribution >= 0.6 is 0 Å². The lowest BCUT2D eigenvalue weighted by molar-refractivity contribution is -0.449. The van der Waals surface area contributed by atoms with Gasteiger partial charge in [-0.3, -0.25) is 14.4 Å². The van der Waals surface area contributed by atoms with Gasteiger partial charge in [-0.2, -0.15) is 0 Å². The molecule has 4 saturated carbocycles. The highest BCUT2D eigenvalue weighted by molar-refractivity contribution is 5.86. The molecule has 0 radical (unpaired) electrons. The van der Waals surface area contributed by atoms with Crippen molar-refractivity contribution in [3.05, 3.63) is 35.8 Å². The van der Waals surface area contributed by atoms with Crippen LogP contribution in [0.5, 0.6) is 0 Å². The molecule has 14 atom stereocenters. The maximum absolute atomic E-state index is 13.8. The average Bonchev–Trinajstić information content (AvgIpc) is 3.79. The third-order valence-electron chi connectivity index (χ3n) is 13.4. The van der Waals surface area contributed by atoms with Gasteiger partial charge in [0.05, 0.1) is 25.1 Å². The smallest absolute Gasteiger partial charge is 0.347 e. The number of cyclic esters (lactones) is 1. The summed E-state index contributed by atoms with van der Waals surface area (Å²) in [6.07, 6.45) is -3.89. The fraction of sp³-hybridized carbons (Fsp3) is 0.686. The average molecular weight is 717 g/mol. The Morgan fingerprint density at radius 3 is 2.25 bits per heavy atom. The number of esters is 5. The van der Waals surface area contributed by atoms with E-state index < -0.39 is 111 Å². The van der Waals surface area contributed by atoms with Crippen LogP contribution in [-0.4, -0.2) is 100.0 Å². The van der Waals surface area contributed by atoms with Gasteiger partial charge in [0.2, 0.25) is 6.10 Å². The summed E-state index contributed by atoms with van der Waals surface area (Å²) < 4.78 is 54.5. The molecule has 3 aliphatic heterocycles. The standard InChI is InChI=1S/C35H40O16/c1-15(36)45-20-12-33-30(6)23(22(25(40)43-8)46-16(2)37)28(4)14-32(30,41)34(42,26(28)47-17(3)38)27-35(33,51-31(7,49-27)50-33)19-11-21(39)48-24(29(19,20)5)18-9-10-44-13-18/h9-11,13,20,22-24,26-27,41-42H,12,14H2,1-8H3/t20-,22-,23-,24-,26-,27+,28+,29-,30-,31?,32?,33-,34+,35+/m1/s1. The maximum Gasteiger partial charge on any atom is 0.347 e. The Hall–Kier alpha value is -3.83. The summed E-state index contributed by atoms with van der Waals surface area (Å²) in [5.74, 6) is -7.48. The van der Waals surface area contributed by atoms with E-state index in [2.05, 4.69) is 0 Å². The van der Waals surface area contributed by atoms with Gasteiger partial charge in [-0.15, -0.1) is 0 Å². The van der Waals surface area contributed by atoms with Crippen molar-refractivity contribution >= 4 is 29.8 Å². The van der Waals surface area contributed by atoms with Crippen molar-refractivity contribution in [3.63, 3.8) is 0 Å². The van der Waals surface area contributed by atoms with Gasteiger partial charge in [0, 0.05) is 62.5 Å². The summed E-state index contributed by atoms with van der Waals surface area (Å²) >= 11 is 0. The van der Waals surface area contributed by atoms with Crippen LogP contribution in [0.4, 0.5) is 0 Å². The van der Waals surface area contributed by atoms with Gasteiger partial charge >= 0.3 is 29.8 Å². The van der Waals surface area contributed by atoms with Crippen molar-refractivity contribution in [1.82, 2.24) is 0 Å². The van der Waals surface area contributed by atoms with Gasteiger partial charge in [-0.05, 0) is 25.0 Å². The molecule has 4 heterocycles. The summed E-state index contributed by atoms with van der Waals surface area (Å²) in [5, 5.41) is 26.7. The molecule has 2 N–H and O–H groups in total. The first kappa shape index (κ1) is 34.3. The van der Waals surface area contributed by atoms with E-state index in [-0.39, 0.29) is 18.4 Å². The second-order valence-electron chi connectivity index (χ2n) is 15.7. The van der Waals surface area contributed by atoms with E-state index in [0.29, 0.717) is 5.56 Å². The minimum absolute atomic E-state index is 0.140. The van der Waals surface area contributed by atoms with E-state index in [0.717, 1.165) is 21.0 Å². The Kier molecular flexibility index (Phi) is 6.57. The third-order valence-corrected chi connectivity index (χ3v) is 13.4. The summed E-state index contributed by atoms with van der Waals surface area (Å²) in [4.78, 5) is 66.0. The highest BCUT2D eigenvalue weighted by Crippen LogP contribution is 2.88. The topological polar surface area (TPSA) is 213 Å². The number of furan rings is 1. The molecule has 1 aromatic heterocycles. The normalized spacial score (nSPS) is 50.0. The summed E-state index contributed by atoms with van der Waals surface area (Å²) in [7, 11) is 1.10. The summed E-state index contributed by atoms with van der Waals surface area (Å²) in [5.41, 5.74) is -13.2. The molecule has 2 saturated heterocycles. The molecule has 2 unspecified atom stereocenters. The van der Waals surface area contributed by atoms with Crippen LogP contribution in [0.2, 0.25) is 0 Å². The molecule has 16 nitrogen and oxygen atoms in total. The molecule has 1 aromatic rings. The van der Waals surface area contributed by atoms with Crippen LogP contribution in [0.15, 0.2) is 34.7 Å². The van der Waals surface area contributed by atoms with Gasteiger partial charge in [-0.25, -0.2) is 9.59 Å². The summed E-state index contributed by atoms with van der Waals surface area (Å²) in [6, 6.07) is 1.59. The van der Waals surface area contributed by atoms with Crippen molar-refractivity contribution in [3.8, 4) is 0 Å². The minimum Gasteiger partial charge on any atom is -0.472 e. The fourth-order valence-corrected chi connectivity index (χ4v) is 12.1. The van der Waals surface area contributed by atoms with Gasteiger partial charge in [0.1, 0.15) is 35.6 Å². The highest BCUT2D eigenvalue weighted by Gasteiger charge is 3.03. The Morgan fingerprint density at radius 1 is 0.980 bits per heavy atom. The summed E-state index contributed by atoms with van der Waals surface area (Å²) in [6.45, 7) is 9.79. The number of methoxy groups -OCH3 is 1. The lowest BCUT2D eigenvalue weighted by atomic mass is 9.34. The van der Waals surface area contributed by atoms with E-state index >= 15 is 0 Å². The van der Waals surface area contributed by atoms with Gasteiger partial charge in [-0.1, -0.05) is 13.8 Å². The second-order valence-corrected chi connectivity index (χ2v) is 15.7. The molecule has 16 heteroatoms. The van der Waals surface area contributed by atoms with Crippen LogP contribution in [0.3, 0.4) is 0 Å². The number of hydrogen-bond acceptors (Lipinski definition) is 16. The van der Waals surface area contributed by atoms with Crippen molar-refractivity contribution in [1.29, 1.82) is 0 Å². The zero-order chi connectivity index (χ0) is 37.1. The van der Waals surface area contributed by atoms with Crippen LogP contribution in [-0.2, 0) is 61.9 Å². The lowest BCUT2D eigenvalue weighted by Crippen LogP contribution is -2.93. The number of ether oxygens (including phenoxy) is 8. The number of fused-ring (bicyclic) bond motifs is 4. The quantitative estimate of drug-likeness (QED) is 0.314. The highest BCUT2D eigenvalue weighted by atomic mass is 16.9. The predicted octanol–water partition coefficient (Wildman–Crippen LogP) is 1.30. The van der Waals surface area contributed by atoms with Crippen LogP contribution < -0.4 is 0 Å². The van der Waals surface area contributed by atoms with E-state index in [1.165, 1.54) is 32.4 Å². The second kappa shape index (κ2) is 9.77. The molecule has 0 aromatic carbocycles. The van der Waals surface area contributed by atoms with E-state index in [4.69, 9.17) is 42.3 Å². The molecule has 51 heavy (non-hydrogen) atoms. The van der Waals surface area contributed by atoms with E-state index in [9.17, 15) is 34.2 Å². The molecule has 4 aliphatic carbocycles. The Morgan fingerprint density at radius 2 is 1.67 bits per heavy atom. The molecule has 4 bridgehead atoms. The Balaban J connectivity index is 1.49. The number of hydrogen-bond donors (Lipinski definition) is 2. The Bertz CT molecular complexity index is 1820. The zero-order valence-electron chi connectivity index (χ0n) is 29.3. The third kappa shape index (κ3) is 3.47. The molecule has 0 amide bonds. The minimum atomic E-state index is -2.51. The van der Waals surface area contributed by atoms with Crippen molar-refractivity contribution < 1.29 is 76.5 Å². The molecule has 1 spiro atoms. The largest absolute Gasteiger partial charge is 0.472 e. The molecule has 7 aliphatic rings. The Labute approximate surface area is 291 Å². The van der Waals surface area contributed by atoms with E-state index in [1.807, 2.05) is 0 Å². The molecule has 6 fully saturated rings. The first-order valence-corrected chi connectivity index (χ1v) is 16.7. The molecule has 8 rings (SSSR count). The SMILES string of the molecule is COC(=O)[C@H](OC(C)=O)[C@@H]1[C@]2(C)CC3(O)[C@](O)([C@@H]2OC(C)=O)[C@@H]2OC4(C)O[C@]5(C[C@@H](OC(C)=O)[C@@]6(C)C(=CC(=O)O[C@@H]6c6ccoc6)[C@]25O4)[C@]13C. The number of carbonyl (C=O) groups is 5. The fourth-order valence-electron chi connectivity index (χ4n) is 12.1. The monoisotopic (exact) mass is 716 g/mol. The van der Waals surface area contributed by atoms with Crippen molar-refractivity contribution in [2.75, 3.05) is 7.11 Å². The zero-order valence-corrected chi connectivity index (χ0v) is 29.3. The molecular formula is C35H40O16. The van der Waals surface area contributed by atoms with Crippen molar-refractivity contribution in [2.24, 2.45) is 22.2 Å². The van der Waals surface area contributed by atoms with Gasteiger partial charge in [0.15, 0.2) is 11.2 Å². The number of aliphatic hydroxyl groups is 2. The first-order valence-electron chi connectivity index (χ1n) is 16.7. The molecule has 276 valence electrons. The van der Waals surface area contributed by atoms with Crippen LogP contribution in [0.1, 0.15) is 73.0 Å². The first-order chi connectivity index (χ1) is 23.7. The van der Waals surface area contributed by atoms with Crippen LogP contribution in [0, 0.1) is 22.2 Å². The van der Waals surface area contributed by atoms with E-state index in [1.54, 1.807) is 26.8 Å². The molecular weight excluding hydrogens is 676 g/mol. The predicted molar refractivity (Wildman–Crippen MR) is 162 cm³/mol. The van der Waals surface area contributed by atoms with Gasteiger partial charge in [0.25, 0.3) is 5.97 Å². The lowest BCUT2D eigenvalue weighted by Gasteiger charge is -2.76. The number of rotatable bonds is 6. The van der Waals surface area contributed by atoms with Crippen molar-refractivity contribution in [2.45, 2.75) is 120 Å². The number of carbonyl (C=O) groups excluding carboxylic acids is 5.